The number of carbonyl (C=O) groups is 2. The van der Waals surface area contributed by atoms with Crippen molar-refractivity contribution in [2.24, 2.45) is 0 Å². The van der Waals surface area contributed by atoms with Crippen LogP contribution in [-0.4, -0.2) is 39.5 Å². The van der Waals surface area contributed by atoms with Gasteiger partial charge in [-0.2, -0.15) is 13.2 Å². The molecule has 1 aliphatic heterocycles. The van der Waals surface area contributed by atoms with Crippen molar-refractivity contribution < 1.29 is 35.9 Å². The number of alkyl halides is 3. The average molecular weight is 593 g/mol. The molecule has 4 rings (SSSR count). The second-order valence-corrected chi connectivity index (χ2v) is 11.3. The maximum atomic E-state index is 13.6. The van der Waals surface area contributed by atoms with Crippen LogP contribution in [-0.2, 0) is 32.2 Å². The molecule has 1 atom stereocenters. The molecule has 0 saturated carbocycles. The molecule has 0 radical (unpaired) electrons. The molecule has 0 N–H and O–H groups in total. The Balaban J connectivity index is 1.58. The van der Waals surface area contributed by atoms with Crippen molar-refractivity contribution in [2.75, 3.05) is 22.4 Å². The zero-order valence-corrected chi connectivity index (χ0v) is 22.8. The van der Waals surface area contributed by atoms with E-state index in [-0.39, 0.29) is 28.9 Å². The van der Waals surface area contributed by atoms with Crippen LogP contribution in [0, 0.1) is 0 Å². The number of anilines is 2. The zero-order valence-electron chi connectivity index (χ0n) is 21.2. The van der Waals surface area contributed by atoms with Crippen LogP contribution in [0.1, 0.15) is 28.4 Å². The zero-order chi connectivity index (χ0) is 29.2. The van der Waals surface area contributed by atoms with E-state index in [2.05, 4.69) is 6.58 Å². The number of esters is 1. The maximum Gasteiger partial charge on any atom is 0.416 e. The summed E-state index contributed by atoms with van der Waals surface area (Å²) in [6.07, 6.45) is -2.85. The van der Waals surface area contributed by atoms with Crippen LogP contribution in [0.3, 0.4) is 0 Å². The fourth-order valence-corrected chi connectivity index (χ4v) is 6.40. The molecule has 0 bridgehead atoms. The van der Waals surface area contributed by atoms with Crippen LogP contribution < -0.4 is 9.21 Å². The van der Waals surface area contributed by atoms with Gasteiger partial charge < -0.3 is 9.64 Å². The van der Waals surface area contributed by atoms with Gasteiger partial charge in [0.25, 0.3) is 15.9 Å². The molecule has 12 heteroatoms. The van der Waals surface area contributed by atoms with E-state index in [9.17, 15) is 31.2 Å². The second kappa shape index (κ2) is 11.3. The monoisotopic (exact) mass is 592 g/mol. The number of nitrogens with zero attached hydrogens (tertiary/aromatic N) is 2. The third kappa shape index (κ3) is 5.85. The third-order valence-corrected chi connectivity index (χ3v) is 8.57. The summed E-state index contributed by atoms with van der Waals surface area (Å²) in [5.41, 5.74) is 0.190. The lowest BCUT2D eigenvalue weighted by Crippen LogP contribution is -2.38. The van der Waals surface area contributed by atoms with Gasteiger partial charge in [0.2, 0.25) is 0 Å². The molecular formula is C28H24ClF3N2O5S. The summed E-state index contributed by atoms with van der Waals surface area (Å²) in [5, 5.41) is -0.267. The molecule has 1 aliphatic rings. The van der Waals surface area contributed by atoms with Gasteiger partial charge in [-0.15, -0.1) is 6.58 Å². The Morgan fingerprint density at radius 2 is 1.85 bits per heavy atom. The lowest BCUT2D eigenvalue weighted by Gasteiger charge is -2.25. The minimum absolute atomic E-state index is 0.137. The average Bonchev–Trinajstić information content (AvgIpc) is 3.25. The predicted octanol–water partition coefficient (Wildman–Crippen LogP) is 5.87. The molecule has 7 nitrogen and oxygen atoms in total. The molecule has 40 heavy (non-hydrogen) atoms. The largest absolute Gasteiger partial charge is 0.452 e. The van der Waals surface area contributed by atoms with Crippen molar-refractivity contribution in [3.05, 3.63) is 101 Å². The van der Waals surface area contributed by atoms with Crippen LogP contribution in [0.5, 0.6) is 0 Å². The lowest BCUT2D eigenvalue weighted by molar-refractivity contribution is -0.137. The molecule has 1 amide bonds. The molecule has 1 heterocycles. The lowest BCUT2D eigenvalue weighted by atomic mass is 10.1. The molecule has 3 aromatic carbocycles. The minimum Gasteiger partial charge on any atom is -0.452 e. The topological polar surface area (TPSA) is 84.0 Å². The van der Waals surface area contributed by atoms with E-state index in [4.69, 9.17) is 16.3 Å². The van der Waals surface area contributed by atoms with Gasteiger partial charge in [-0.25, -0.2) is 13.2 Å². The summed E-state index contributed by atoms with van der Waals surface area (Å²) in [6.45, 7) is 4.40. The smallest absolute Gasteiger partial charge is 0.416 e. The molecule has 210 valence electrons. The van der Waals surface area contributed by atoms with Gasteiger partial charge in [-0.1, -0.05) is 41.9 Å². The van der Waals surface area contributed by atoms with Gasteiger partial charge in [0.1, 0.15) is 4.90 Å². The van der Waals surface area contributed by atoms with Crippen molar-refractivity contribution in [2.45, 2.75) is 30.5 Å². The van der Waals surface area contributed by atoms with E-state index in [0.29, 0.717) is 16.8 Å². The number of amides is 1. The highest BCUT2D eigenvalue weighted by Crippen LogP contribution is 2.35. The summed E-state index contributed by atoms with van der Waals surface area (Å²) in [4.78, 5) is 26.7. The van der Waals surface area contributed by atoms with Crippen molar-refractivity contribution in [1.82, 2.24) is 0 Å². The van der Waals surface area contributed by atoms with Crippen LogP contribution in [0.15, 0.2) is 84.3 Å². The Bertz CT molecular complexity index is 1580. The number of para-hydroxylation sites is 1. The Morgan fingerprint density at radius 3 is 2.55 bits per heavy atom. The van der Waals surface area contributed by atoms with Crippen LogP contribution in [0.4, 0.5) is 24.5 Å². The second-order valence-electron chi connectivity index (χ2n) is 9.04. The molecule has 0 aliphatic carbocycles. The number of hydrogen-bond acceptors (Lipinski definition) is 5. The van der Waals surface area contributed by atoms with E-state index in [0.717, 1.165) is 35.5 Å². The van der Waals surface area contributed by atoms with Crippen LogP contribution in [0.25, 0.3) is 0 Å². The number of ether oxygens (including phenoxy) is 1. The van der Waals surface area contributed by atoms with Crippen LogP contribution in [0.2, 0.25) is 5.02 Å². The minimum atomic E-state index is -4.70. The van der Waals surface area contributed by atoms with Crippen LogP contribution >= 0.6 is 11.6 Å². The summed E-state index contributed by atoms with van der Waals surface area (Å²) in [6, 6.07) is 14.4. The van der Waals surface area contributed by atoms with Gasteiger partial charge in [-0.05, 0) is 61.4 Å². The molecular weight excluding hydrogens is 569 g/mol. The number of hydrogen-bond donors (Lipinski definition) is 0. The SMILES string of the molecule is C=CCN(c1cccc(C(F)(F)F)c1)S(=O)(=O)c1cc(C(=O)OCC(=O)N2c3ccccc3C[C@@H]2C)ccc1Cl. The molecule has 0 saturated heterocycles. The highest BCUT2D eigenvalue weighted by Gasteiger charge is 2.34. The van der Waals surface area contributed by atoms with Gasteiger partial charge in [0, 0.05) is 11.7 Å². The quantitative estimate of drug-likeness (QED) is 0.241. The fraction of sp³-hybridized carbons (Fsp3) is 0.214. The third-order valence-electron chi connectivity index (χ3n) is 6.29. The first-order valence-corrected chi connectivity index (χ1v) is 13.8. The highest BCUT2D eigenvalue weighted by atomic mass is 35.5. The van der Waals surface area contributed by atoms with Crippen molar-refractivity contribution in [3.8, 4) is 0 Å². The van der Waals surface area contributed by atoms with E-state index in [1.54, 1.807) is 17.0 Å². The van der Waals surface area contributed by atoms with Crippen molar-refractivity contribution >= 4 is 44.9 Å². The maximum absolute atomic E-state index is 13.6. The highest BCUT2D eigenvalue weighted by molar-refractivity contribution is 7.93. The van der Waals surface area contributed by atoms with Crippen molar-refractivity contribution in [3.63, 3.8) is 0 Å². The summed E-state index contributed by atoms with van der Waals surface area (Å²) in [7, 11) is -4.57. The summed E-state index contributed by atoms with van der Waals surface area (Å²) >= 11 is 6.17. The van der Waals surface area contributed by atoms with Crippen molar-refractivity contribution in [1.29, 1.82) is 0 Å². The predicted molar refractivity (Wildman–Crippen MR) is 145 cm³/mol. The first-order valence-electron chi connectivity index (χ1n) is 12.0. The number of halogens is 4. The van der Waals surface area contributed by atoms with E-state index < -0.39 is 45.1 Å². The molecule has 0 aromatic heterocycles. The standard InChI is InChI=1S/C28H24ClF3N2O5S/c1-3-13-33(22-9-6-8-21(16-22)28(30,31)32)40(37,38)25-15-20(11-12-23(25)29)27(36)39-17-26(35)34-18(2)14-19-7-4-5-10-24(19)34/h3-12,15-16,18H,1,13-14,17H2,2H3/t18-/m0/s1. The van der Waals surface area contributed by atoms with Gasteiger partial charge >= 0.3 is 12.1 Å². The number of sulfonamides is 1. The Hall–Kier alpha value is -3.83. The van der Waals surface area contributed by atoms with Gasteiger partial charge in [0.05, 0.1) is 28.4 Å². The fourth-order valence-electron chi connectivity index (χ4n) is 4.47. The Kier molecular flexibility index (Phi) is 8.27. The van der Waals surface area contributed by atoms with E-state index in [1.807, 2.05) is 19.1 Å². The Labute approximate surface area is 234 Å². The number of carbonyl (C=O) groups excluding carboxylic acids is 2. The summed E-state index contributed by atoms with van der Waals surface area (Å²) in [5.74, 6) is -1.43. The van der Waals surface area contributed by atoms with Gasteiger partial charge in [-0.3, -0.25) is 9.10 Å². The number of benzene rings is 3. The molecule has 0 spiro atoms. The first kappa shape index (κ1) is 29.2. The number of fused-ring (bicyclic) bond motifs is 1. The van der Waals surface area contributed by atoms with E-state index >= 15 is 0 Å². The Morgan fingerprint density at radius 1 is 1.12 bits per heavy atom. The van der Waals surface area contributed by atoms with E-state index in [1.165, 1.54) is 18.2 Å². The molecule has 0 fully saturated rings. The summed E-state index contributed by atoms with van der Waals surface area (Å²) < 4.78 is 72.9. The van der Waals surface area contributed by atoms with Gasteiger partial charge in [0.15, 0.2) is 6.61 Å². The normalized spacial score (nSPS) is 14.9. The number of rotatable bonds is 8. The molecule has 0 unspecified atom stereocenters. The molecule has 3 aromatic rings. The first-order chi connectivity index (χ1) is 18.8.